The van der Waals surface area contributed by atoms with Crippen LogP contribution in [-0.2, 0) is 20.0 Å². The number of fused-ring (bicyclic) bond motifs is 3. The summed E-state index contributed by atoms with van der Waals surface area (Å²) in [5.74, 6) is 0. The molecule has 1 aliphatic rings. The summed E-state index contributed by atoms with van der Waals surface area (Å²) in [6.45, 7) is 3.05. The number of aryl methyl sites for hydroxylation is 1. The van der Waals surface area contributed by atoms with E-state index in [0.29, 0.717) is 0 Å². The molecule has 2 heterocycles. The van der Waals surface area contributed by atoms with Crippen LogP contribution in [0.2, 0.25) is 0 Å². The second-order valence-electron chi connectivity index (χ2n) is 4.75. The van der Waals surface area contributed by atoms with Crippen LogP contribution < -0.4 is 0 Å². The van der Waals surface area contributed by atoms with E-state index in [1.165, 1.54) is 22.2 Å². The van der Waals surface area contributed by atoms with Crippen LogP contribution in [0.25, 0.3) is 10.9 Å². The van der Waals surface area contributed by atoms with Gasteiger partial charge >= 0.3 is 0 Å². The van der Waals surface area contributed by atoms with Crippen LogP contribution in [-0.4, -0.2) is 34.3 Å². The molecule has 3 nitrogen and oxygen atoms in total. The molecule has 1 aromatic heterocycles. The van der Waals surface area contributed by atoms with Crippen LogP contribution in [0, 0.1) is 0 Å². The van der Waals surface area contributed by atoms with Crippen molar-refractivity contribution in [3.63, 3.8) is 0 Å². The summed E-state index contributed by atoms with van der Waals surface area (Å²) < 4.78 is 2.32. The van der Waals surface area contributed by atoms with E-state index in [2.05, 4.69) is 40.8 Å². The van der Waals surface area contributed by atoms with E-state index in [9.17, 15) is 0 Å². The Morgan fingerprint density at radius 3 is 2.94 bits per heavy atom. The molecule has 1 aromatic carbocycles. The van der Waals surface area contributed by atoms with Crippen molar-refractivity contribution in [1.29, 1.82) is 0 Å². The normalized spacial score (nSPS) is 16.4. The highest BCUT2D eigenvalue weighted by Gasteiger charge is 2.21. The summed E-state index contributed by atoms with van der Waals surface area (Å²) in [4.78, 5) is 2.33. The van der Waals surface area contributed by atoms with Gasteiger partial charge in [0.2, 0.25) is 0 Å². The first-order valence-corrected chi connectivity index (χ1v) is 6.19. The molecule has 0 unspecified atom stereocenters. The van der Waals surface area contributed by atoms with Crippen LogP contribution in [0.4, 0.5) is 0 Å². The van der Waals surface area contributed by atoms with Gasteiger partial charge < -0.3 is 9.67 Å². The largest absolute Gasteiger partial charge is 0.395 e. The highest BCUT2D eigenvalue weighted by molar-refractivity contribution is 5.85. The summed E-state index contributed by atoms with van der Waals surface area (Å²) in [7, 11) is 2.16. The van der Waals surface area contributed by atoms with Crippen LogP contribution in [0.5, 0.6) is 0 Å². The highest BCUT2D eigenvalue weighted by atomic mass is 16.3. The zero-order valence-electron chi connectivity index (χ0n) is 10.2. The zero-order chi connectivity index (χ0) is 11.8. The Balaban J connectivity index is 2.09. The molecule has 0 radical (unpaired) electrons. The number of aliphatic hydroxyl groups excluding tert-OH is 1. The molecule has 90 valence electrons. The van der Waals surface area contributed by atoms with E-state index in [-0.39, 0.29) is 6.61 Å². The number of aromatic nitrogens is 1. The number of rotatable bonds is 2. The van der Waals surface area contributed by atoms with Crippen molar-refractivity contribution in [3.8, 4) is 0 Å². The maximum atomic E-state index is 9.04. The molecule has 0 aliphatic carbocycles. The van der Waals surface area contributed by atoms with Crippen molar-refractivity contribution in [2.24, 2.45) is 7.05 Å². The Kier molecular flexibility index (Phi) is 2.65. The first kappa shape index (κ1) is 10.8. The van der Waals surface area contributed by atoms with Gasteiger partial charge in [0.15, 0.2) is 0 Å². The minimum absolute atomic E-state index is 0.250. The van der Waals surface area contributed by atoms with Crippen molar-refractivity contribution >= 4 is 10.9 Å². The highest BCUT2D eigenvalue weighted by Crippen LogP contribution is 2.29. The minimum Gasteiger partial charge on any atom is -0.395 e. The number of para-hydroxylation sites is 1. The SMILES string of the molecule is Cn1c2c(c3ccccc31)CN(CCO)CC2. The summed E-state index contributed by atoms with van der Waals surface area (Å²) in [5.41, 5.74) is 4.23. The van der Waals surface area contributed by atoms with E-state index in [1.54, 1.807) is 0 Å². The minimum atomic E-state index is 0.250. The van der Waals surface area contributed by atoms with E-state index in [1.807, 2.05) is 0 Å². The number of hydrogen-bond acceptors (Lipinski definition) is 2. The van der Waals surface area contributed by atoms with Gasteiger partial charge in [0.25, 0.3) is 0 Å². The number of β-amino-alcohol motifs (C(OH)–C–C–N with tert-alkyl or cyclic N) is 1. The summed E-state index contributed by atoms with van der Waals surface area (Å²) in [6, 6.07) is 8.59. The molecule has 0 bridgehead atoms. The molecular weight excluding hydrogens is 212 g/mol. The number of benzene rings is 1. The Labute approximate surface area is 101 Å². The fourth-order valence-corrected chi connectivity index (χ4v) is 2.92. The molecule has 3 rings (SSSR count). The van der Waals surface area contributed by atoms with Gasteiger partial charge in [0.05, 0.1) is 6.61 Å². The quantitative estimate of drug-likeness (QED) is 0.847. The van der Waals surface area contributed by atoms with Gasteiger partial charge in [-0.15, -0.1) is 0 Å². The van der Waals surface area contributed by atoms with Gasteiger partial charge in [-0.05, 0) is 11.6 Å². The molecule has 0 saturated carbocycles. The molecule has 1 aliphatic heterocycles. The third kappa shape index (κ3) is 1.66. The summed E-state index contributed by atoms with van der Waals surface area (Å²) in [5, 5.41) is 10.4. The van der Waals surface area contributed by atoms with Gasteiger partial charge in [0, 0.05) is 49.7 Å². The zero-order valence-corrected chi connectivity index (χ0v) is 10.2. The average Bonchev–Trinajstić information content (AvgIpc) is 2.65. The second kappa shape index (κ2) is 4.17. The molecule has 0 atom stereocenters. The monoisotopic (exact) mass is 230 g/mol. The lowest BCUT2D eigenvalue weighted by Gasteiger charge is -2.26. The van der Waals surface area contributed by atoms with Crippen molar-refractivity contribution in [2.45, 2.75) is 13.0 Å². The fourth-order valence-electron chi connectivity index (χ4n) is 2.92. The molecule has 0 fully saturated rings. The molecule has 3 heteroatoms. The number of hydrogen-bond donors (Lipinski definition) is 1. The number of nitrogens with zero attached hydrogens (tertiary/aromatic N) is 2. The Morgan fingerprint density at radius 1 is 1.29 bits per heavy atom. The third-order valence-corrected chi connectivity index (χ3v) is 3.81. The molecule has 1 N–H and O–H groups in total. The van der Waals surface area contributed by atoms with Crippen molar-refractivity contribution < 1.29 is 5.11 Å². The maximum absolute atomic E-state index is 9.04. The predicted molar refractivity (Wildman–Crippen MR) is 69.0 cm³/mol. The standard InChI is InChI=1S/C14H18N2O/c1-15-13-5-3-2-4-11(13)12-10-16(8-9-17)7-6-14(12)15/h2-5,17H,6-10H2,1H3. The fraction of sp³-hybridized carbons (Fsp3) is 0.429. The predicted octanol–water partition coefficient (Wildman–Crippen LogP) is 1.53. The van der Waals surface area contributed by atoms with Crippen molar-refractivity contribution in [2.75, 3.05) is 19.7 Å². The van der Waals surface area contributed by atoms with Crippen molar-refractivity contribution in [3.05, 3.63) is 35.5 Å². The van der Waals surface area contributed by atoms with Gasteiger partial charge in [-0.3, -0.25) is 4.90 Å². The average molecular weight is 230 g/mol. The smallest absolute Gasteiger partial charge is 0.0558 e. The molecule has 17 heavy (non-hydrogen) atoms. The summed E-state index contributed by atoms with van der Waals surface area (Å²) >= 11 is 0. The molecule has 2 aromatic rings. The lowest BCUT2D eigenvalue weighted by Crippen LogP contribution is -2.33. The van der Waals surface area contributed by atoms with Crippen LogP contribution in [0.3, 0.4) is 0 Å². The van der Waals surface area contributed by atoms with E-state index < -0.39 is 0 Å². The van der Waals surface area contributed by atoms with E-state index in [0.717, 1.165) is 26.1 Å². The third-order valence-electron chi connectivity index (χ3n) is 3.81. The Hall–Kier alpha value is -1.32. The van der Waals surface area contributed by atoms with Crippen LogP contribution in [0.1, 0.15) is 11.3 Å². The van der Waals surface area contributed by atoms with Crippen LogP contribution >= 0.6 is 0 Å². The van der Waals surface area contributed by atoms with Gasteiger partial charge in [0.1, 0.15) is 0 Å². The van der Waals surface area contributed by atoms with Gasteiger partial charge in [-0.2, -0.15) is 0 Å². The molecule has 0 amide bonds. The van der Waals surface area contributed by atoms with E-state index in [4.69, 9.17) is 5.11 Å². The molecular formula is C14H18N2O. The first-order chi connectivity index (χ1) is 8.31. The molecule has 0 saturated heterocycles. The van der Waals surface area contributed by atoms with E-state index >= 15 is 0 Å². The Bertz CT molecular complexity index is 544. The topological polar surface area (TPSA) is 28.4 Å². The van der Waals surface area contributed by atoms with Gasteiger partial charge in [-0.1, -0.05) is 18.2 Å². The summed E-state index contributed by atoms with van der Waals surface area (Å²) in [6.07, 6.45) is 1.08. The molecule has 0 spiro atoms. The Morgan fingerprint density at radius 2 is 2.12 bits per heavy atom. The number of aliphatic hydroxyl groups is 1. The lowest BCUT2D eigenvalue weighted by atomic mass is 10.0. The maximum Gasteiger partial charge on any atom is 0.0558 e. The first-order valence-electron chi connectivity index (χ1n) is 6.19. The van der Waals surface area contributed by atoms with Crippen LogP contribution in [0.15, 0.2) is 24.3 Å². The second-order valence-corrected chi connectivity index (χ2v) is 4.75. The lowest BCUT2D eigenvalue weighted by molar-refractivity contribution is 0.184. The van der Waals surface area contributed by atoms with Gasteiger partial charge in [-0.25, -0.2) is 0 Å². The van der Waals surface area contributed by atoms with Crippen molar-refractivity contribution in [1.82, 2.24) is 9.47 Å².